The van der Waals surface area contributed by atoms with Crippen LogP contribution in [0.15, 0.2) is 18.2 Å². The first-order valence-corrected chi connectivity index (χ1v) is 7.17. The van der Waals surface area contributed by atoms with Gasteiger partial charge in [0.25, 0.3) is 0 Å². The normalized spacial score (nSPS) is 38.0. The highest BCUT2D eigenvalue weighted by Crippen LogP contribution is 2.53. The van der Waals surface area contributed by atoms with Crippen LogP contribution in [0.4, 0.5) is 0 Å². The lowest BCUT2D eigenvalue weighted by atomic mass is 9.54. The van der Waals surface area contributed by atoms with Crippen LogP contribution in [0.25, 0.3) is 0 Å². The van der Waals surface area contributed by atoms with Crippen molar-refractivity contribution >= 4 is 0 Å². The molecule has 3 unspecified atom stereocenters. The average molecular weight is 261 g/mol. The molecule has 0 aromatic heterocycles. The van der Waals surface area contributed by atoms with Crippen LogP contribution in [0.3, 0.4) is 0 Å². The van der Waals surface area contributed by atoms with E-state index in [0.29, 0.717) is 5.75 Å². The molecule has 104 valence electrons. The highest BCUT2D eigenvalue weighted by molar-refractivity contribution is 5.47. The summed E-state index contributed by atoms with van der Waals surface area (Å²) >= 11 is 0. The molecular weight excluding hydrogens is 238 g/mol. The maximum absolute atomic E-state index is 11.2. The van der Waals surface area contributed by atoms with Crippen molar-refractivity contribution in [1.82, 2.24) is 4.90 Å². The Morgan fingerprint density at radius 1 is 1.42 bits per heavy atom. The molecular formula is C16H23NO2. The van der Waals surface area contributed by atoms with E-state index in [9.17, 15) is 10.2 Å². The minimum atomic E-state index is -0.741. The standard InChI is InChI=1S/C16H23NO2/c1-4-16-7-8-17(3)14(15(16,2)19)9-11-5-6-12(18)10-13(11)16/h5-6,10,14,18-19H,4,7-9H2,1-3H3. The van der Waals surface area contributed by atoms with Gasteiger partial charge in [-0.3, -0.25) is 0 Å². The van der Waals surface area contributed by atoms with E-state index in [1.807, 2.05) is 19.1 Å². The summed E-state index contributed by atoms with van der Waals surface area (Å²) in [5.41, 5.74) is 1.47. The molecule has 3 nitrogen and oxygen atoms in total. The van der Waals surface area contributed by atoms with E-state index in [0.717, 1.165) is 31.4 Å². The lowest BCUT2D eigenvalue weighted by Crippen LogP contribution is -2.69. The molecule has 2 N–H and O–H groups in total. The van der Waals surface area contributed by atoms with Gasteiger partial charge in [0.1, 0.15) is 5.75 Å². The number of phenols is 1. The number of nitrogens with zero attached hydrogens (tertiary/aromatic N) is 1. The zero-order chi connectivity index (χ0) is 13.8. The van der Waals surface area contributed by atoms with Crippen molar-refractivity contribution in [2.75, 3.05) is 13.6 Å². The smallest absolute Gasteiger partial charge is 0.115 e. The Labute approximate surface area is 114 Å². The van der Waals surface area contributed by atoms with Crippen LogP contribution in [0.5, 0.6) is 5.75 Å². The lowest BCUT2D eigenvalue weighted by Gasteiger charge is -2.60. The highest BCUT2D eigenvalue weighted by Gasteiger charge is 2.58. The molecule has 19 heavy (non-hydrogen) atoms. The number of rotatable bonds is 1. The Balaban J connectivity index is 2.25. The molecule has 1 saturated heterocycles. The Morgan fingerprint density at radius 2 is 2.16 bits per heavy atom. The monoisotopic (exact) mass is 261 g/mol. The molecule has 0 amide bonds. The van der Waals surface area contributed by atoms with E-state index < -0.39 is 5.60 Å². The fourth-order valence-electron chi connectivity index (χ4n) is 4.41. The number of likely N-dealkylation sites (tertiary alicyclic amines) is 1. The summed E-state index contributed by atoms with van der Waals surface area (Å²) in [5.74, 6) is 0.305. The molecule has 2 bridgehead atoms. The maximum atomic E-state index is 11.2. The Bertz CT molecular complexity index is 511. The predicted octanol–water partition coefficient (Wildman–Crippen LogP) is 2.05. The third-order valence-electron chi connectivity index (χ3n) is 5.67. The number of phenolic OH excluding ortho intramolecular Hbond substituents is 1. The first kappa shape index (κ1) is 12.9. The summed E-state index contributed by atoms with van der Waals surface area (Å²) in [5, 5.41) is 21.0. The first-order valence-electron chi connectivity index (χ1n) is 7.17. The van der Waals surface area contributed by atoms with Crippen molar-refractivity contribution in [3.05, 3.63) is 29.3 Å². The maximum Gasteiger partial charge on any atom is 0.115 e. The molecule has 1 heterocycles. The predicted molar refractivity (Wildman–Crippen MR) is 75.4 cm³/mol. The van der Waals surface area contributed by atoms with Crippen LogP contribution >= 0.6 is 0 Å². The molecule has 3 atom stereocenters. The Hall–Kier alpha value is -1.06. The summed E-state index contributed by atoms with van der Waals surface area (Å²) in [6, 6.07) is 5.82. The van der Waals surface area contributed by atoms with Gasteiger partial charge in [-0.25, -0.2) is 0 Å². The minimum Gasteiger partial charge on any atom is -0.508 e. The number of benzene rings is 1. The number of piperidine rings is 1. The molecule has 3 heteroatoms. The average Bonchev–Trinajstić information content (AvgIpc) is 2.35. The van der Waals surface area contributed by atoms with Crippen LogP contribution in [0.2, 0.25) is 0 Å². The largest absolute Gasteiger partial charge is 0.508 e. The van der Waals surface area contributed by atoms with Gasteiger partial charge in [-0.1, -0.05) is 13.0 Å². The molecule has 1 aromatic carbocycles. The third kappa shape index (κ3) is 1.52. The fraction of sp³-hybridized carbons (Fsp3) is 0.625. The van der Waals surface area contributed by atoms with Gasteiger partial charge in [-0.05, 0) is 63.0 Å². The van der Waals surface area contributed by atoms with Gasteiger partial charge in [0, 0.05) is 11.5 Å². The SMILES string of the molecule is CCC12CCN(C)C(Cc3ccc(O)cc31)C2(C)O. The summed E-state index contributed by atoms with van der Waals surface area (Å²) < 4.78 is 0. The summed E-state index contributed by atoms with van der Waals surface area (Å²) in [6.07, 6.45) is 2.71. The van der Waals surface area contributed by atoms with E-state index in [2.05, 4.69) is 18.9 Å². The zero-order valence-electron chi connectivity index (χ0n) is 12.0. The summed E-state index contributed by atoms with van der Waals surface area (Å²) in [6.45, 7) is 5.13. The number of hydrogen-bond donors (Lipinski definition) is 2. The Morgan fingerprint density at radius 3 is 2.84 bits per heavy atom. The molecule has 0 radical (unpaired) electrons. The Kier molecular flexibility index (Phi) is 2.70. The zero-order valence-corrected chi connectivity index (χ0v) is 12.0. The van der Waals surface area contributed by atoms with Crippen molar-refractivity contribution < 1.29 is 10.2 Å². The van der Waals surface area contributed by atoms with Crippen molar-refractivity contribution in [1.29, 1.82) is 0 Å². The molecule has 0 spiro atoms. The first-order chi connectivity index (χ1) is 8.92. The van der Waals surface area contributed by atoms with E-state index in [1.54, 1.807) is 6.07 Å². The van der Waals surface area contributed by atoms with Crippen molar-refractivity contribution in [3.8, 4) is 5.75 Å². The number of likely N-dealkylation sites (N-methyl/N-ethyl adjacent to an activating group) is 1. The lowest BCUT2D eigenvalue weighted by molar-refractivity contribution is -0.129. The van der Waals surface area contributed by atoms with E-state index in [1.165, 1.54) is 5.56 Å². The van der Waals surface area contributed by atoms with Gasteiger partial charge in [0.15, 0.2) is 0 Å². The molecule has 0 saturated carbocycles. The fourth-order valence-corrected chi connectivity index (χ4v) is 4.41. The molecule has 1 aliphatic heterocycles. The number of fused-ring (bicyclic) bond motifs is 4. The second-order valence-corrected chi connectivity index (χ2v) is 6.38. The van der Waals surface area contributed by atoms with Crippen LogP contribution in [0.1, 0.15) is 37.8 Å². The van der Waals surface area contributed by atoms with E-state index >= 15 is 0 Å². The van der Waals surface area contributed by atoms with E-state index in [-0.39, 0.29) is 11.5 Å². The van der Waals surface area contributed by atoms with Gasteiger partial charge < -0.3 is 15.1 Å². The summed E-state index contributed by atoms with van der Waals surface area (Å²) in [7, 11) is 2.10. The van der Waals surface area contributed by atoms with Gasteiger partial charge in [-0.15, -0.1) is 0 Å². The number of aromatic hydroxyl groups is 1. The molecule has 1 aliphatic carbocycles. The molecule has 3 rings (SSSR count). The highest BCUT2D eigenvalue weighted by atomic mass is 16.3. The number of hydrogen-bond acceptors (Lipinski definition) is 3. The van der Waals surface area contributed by atoms with Crippen molar-refractivity contribution in [3.63, 3.8) is 0 Å². The second kappa shape index (κ2) is 3.97. The molecule has 2 aliphatic rings. The number of aliphatic hydroxyl groups is 1. The van der Waals surface area contributed by atoms with Crippen LogP contribution in [-0.2, 0) is 11.8 Å². The van der Waals surface area contributed by atoms with Gasteiger partial charge in [0.2, 0.25) is 0 Å². The quantitative estimate of drug-likeness (QED) is 0.813. The van der Waals surface area contributed by atoms with Crippen LogP contribution in [-0.4, -0.2) is 40.3 Å². The van der Waals surface area contributed by atoms with Gasteiger partial charge in [-0.2, -0.15) is 0 Å². The van der Waals surface area contributed by atoms with E-state index in [4.69, 9.17) is 0 Å². The van der Waals surface area contributed by atoms with Crippen LogP contribution < -0.4 is 0 Å². The van der Waals surface area contributed by atoms with Gasteiger partial charge >= 0.3 is 0 Å². The molecule has 1 aromatic rings. The topological polar surface area (TPSA) is 43.7 Å². The second-order valence-electron chi connectivity index (χ2n) is 6.38. The van der Waals surface area contributed by atoms with Crippen molar-refractivity contribution in [2.45, 2.75) is 50.2 Å². The minimum absolute atomic E-state index is 0.165. The van der Waals surface area contributed by atoms with Crippen molar-refractivity contribution in [2.24, 2.45) is 0 Å². The van der Waals surface area contributed by atoms with Crippen LogP contribution in [0, 0.1) is 0 Å². The summed E-state index contributed by atoms with van der Waals surface area (Å²) in [4.78, 5) is 2.28. The van der Waals surface area contributed by atoms with Gasteiger partial charge in [0.05, 0.1) is 5.60 Å². The molecule has 1 fully saturated rings. The third-order valence-corrected chi connectivity index (χ3v) is 5.67.